The molecule has 0 radical (unpaired) electrons. The number of carbonyl (C=O) groups is 1. The molecular formula is C21H16N4O3. The molecule has 3 heterocycles. The molecule has 0 saturated heterocycles. The van der Waals surface area contributed by atoms with E-state index in [9.17, 15) is 4.79 Å². The van der Waals surface area contributed by atoms with E-state index in [-0.39, 0.29) is 5.91 Å². The number of fused-ring (bicyclic) bond motifs is 1. The van der Waals surface area contributed by atoms with Crippen LogP contribution in [0.3, 0.4) is 0 Å². The maximum absolute atomic E-state index is 12.4. The molecule has 1 amide bonds. The lowest BCUT2D eigenvalue weighted by Gasteiger charge is -2.08. The lowest BCUT2D eigenvalue weighted by molar-refractivity contribution is 0.102. The molecule has 138 valence electrons. The van der Waals surface area contributed by atoms with Gasteiger partial charge in [0.05, 0.1) is 13.3 Å². The number of pyridine rings is 3. The molecule has 1 aromatic carbocycles. The lowest BCUT2D eigenvalue weighted by Crippen LogP contribution is -2.12. The Bertz CT molecular complexity index is 1120. The first-order chi connectivity index (χ1) is 13.7. The zero-order valence-electron chi connectivity index (χ0n) is 15.0. The number of nitrogens with zero attached hydrogens (tertiary/aromatic N) is 3. The zero-order valence-corrected chi connectivity index (χ0v) is 15.0. The SMILES string of the molecule is COc1ccc(C(=O)Nc2ccc3ccc(Oc4cccnc4)nc3n2)cc1. The van der Waals surface area contributed by atoms with Crippen LogP contribution in [-0.4, -0.2) is 28.0 Å². The predicted octanol–water partition coefficient (Wildman–Crippen LogP) is 4.08. The molecule has 4 aromatic rings. The third-order valence-corrected chi connectivity index (χ3v) is 3.98. The van der Waals surface area contributed by atoms with Gasteiger partial charge >= 0.3 is 0 Å². The number of methoxy groups -OCH3 is 1. The highest BCUT2D eigenvalue weighted by molar-refractivity contribution is 6.04. The first kappa shape index (κ1) is 17.4. The van der Waals surface area contributed by atoms with Gasteiger partial charge in [0.15, 0.2) is 5.65 Å². The standard InChI is InChI=1S/C21H16N4O3/c1-27-16-8-4-15(5-9-16)21(26)24-18-10-6-14-7-11-19(25-20(14)23-18)28-17-3-2-12-22-13-17/h2-13H,1H3,(H,23,24,25,26). The van der Waals surface area contributed by atoms with E-state index in [4.69, 9.17) is 9.47 Å². The van der Waals surface area contributed by atoms with Crippen LogP contribution in [-0.2, 0) is 0 Å². The molecule has 0 aliphatic carbocycles. The van der Waals surface area contributed by atoms with Gasteiger partial charge in [0, 0.05) is 23.2 Å². The molecule has 0 aliphatic heterocycles. The normalized spacial score (nSPS) is 10.5. The number of hydrogen-bond donors (Lipinski definition) is 1. The van der Waals surface area contributed by atoms with Crippen molar-refractivity contribution in [2.24, 2.45) is 0 Å². The van der Waals surface area contributed by atoms with Gasteiger partial charge in [0.2, 0.25) is 5.88 Å². The fourth-order valence-electron chi connectivity index (χ4n) is 2.57. The molecular weight excluding hydrogens is 356 g/mol. The minimum absolute atomic E-state index is 0.266. The van der Waals surface area contributed by atoms with E-state index in [2.05, 4.69) is 20.3 Å². The molecule has 28 heavy (non-hydrogen) atoms. The average Bonchev–Trinajstić information content (AvgIpc) is 2.74. The summed E-state index contributed by atoms with van der Waals surface area (Å²) in [5.74, 6) is 1.80. The maximum atomic E-state index is 12.4. The van der Waals surface area contributed by atoms with Gasteiger partial charge in [-0.05, 0) is 54.6 Å². The fourth-order valence-corrected chi connectivity index (χ4v) is 2.57. The van der Waals surface area contributed by atoms with Crippen LogP contribution < -0.4 is 14.8 Å². The molecule has 1 N–H and O–H groups in total. The molecule has 0 unspecified atom stereocenters. The van der Waals surface area contributed by atoms with E-state index in [1.807, 2.05) is 12.1 Å². The number of benzene rings is 1. The number of carbonyl (C=O) groups excluding carboxylic acids is 1. The van der Waals surface area contributed by atoms with Crippen molar-refractivity contribution in [2.45, 2.75) is 0 Å². The van der Waals surface area contributed by atoms with Crippen molar-refractivity contribution in [2.75, 3.05) is 12.4 Å². The molecule has 7 nitrogen and oxygen atoms in total. The number of ether oxygens (including phenoxy) is 2. The fraction of sp³-hybridized carbons (Fsp3) is 0.0476. The van der Waals surface area contributed by atoms with Gasteiger partial charge in [-0.15, -0.1) is 0 Å². The van der Waals surface area contributed by atoms with Crippen molar-refractivity contribution in [1.82, 2.24) is 15.0 Å². The largest absolute Gasteiger partial charge is 0.497 e. The van der Waals surface area contributed by atoms with Crippen LogP contribution in [0.25, 0.3) is 11.0 Å². The number of amides is 1. The highest BCUT2D eigenvalue weighted by Crippen LogP contribution is 2.22. The van der Waals surface area contributed by atoms with E-state index in [1.165, 1.54) is 0 Å². The Morgan fingerprint density at radius 3 is 2.50 bits per heavy atom. The quantitative estimate of drug-likeness (QED) is 0.568. The van der Waals surface area contributed by atoms with Crippen molar-refractivity contribution in [3.8, 4) is 17.4 Å². The van der Waals surface area contributed by atoms with Crippen molar-refractivity contribution in [3.63, 3.8) is 0 Å². The van der Waals surface area contributed by atoms with Crippen LogP contribution in [0.2, 0.25) is 0 Å². The van der Waals surface area contributed by atoms with Gasteiger partial charge < -0.3 is 14.8 Å². The molecule has 0 spiro atoms. The summed E-state index contributed by atoms with van der Waals surface area (Å²) >= 11 is 0. The minimum Gasteiger partial charge on any atom is -0.497 e. The summed E-state index contributed by atoms with van der Waals surface area (Å²) in [7, 11) is 1.58. The summed E-state index contributed by atoms with van der Waals surface area (Å²) in [5.41, 5.74) is 0.971. The molecule has 0 saturated carbocycles. The zero-order chi connectivity index (χ0) is 19.3. The van der Waals surface area contributed by atoms with E-state index >= 15 is 0 Å². The highest BCUT2D eigenvalue weighted by atomic mass is 16.5. The molecule has 4 rings (SSSR count). The van der Waals surface area contributed by atoms with E-state index in [0.29, 0.717) is 34.4 Å². The Morgan fingerprint density at radius 2 is 1.75 bits per heavy atom. The van der Waals surface area contributed by atoms with Crippen molar-refractivity contribution in [3.05, 3.63) is 78.6 Å². The number of aromatic nitrogens is 3. The molecule has 0 fully saturated rings. The van der Waals surface area contributed by atoms with Gasteiger partial charge in [0.1, 0.15) is 17.3 Å². The molecule has 3 aromatic heterocycles. The van der Waals surface area contributed by atoms with Crippen molar-refractivity contribution in [1.29, 1.82) is 0 Å². The van der Waals surface area contributed by atoms with Crippen LogP contribution >= 0.6 is 0 Å². The summed E-state index contributed by atoms with van der Waals surface area (Å²) in [4.78, 5) is 25.2. The maximum Gasteiger partial charge on any atom is 0.256 e. The van der Waals surface area contributed by atoms with Crippen LogP contribution in [0.5, 0.6) is 17.4 Å². The van der Waals surface area contributed by atoms with Gasteiger partial charge in [-0.2, -0.15) is 4.98 Å². The molecule has 0 aliphatic rings. The van der Waals surface area contributed by atoms with Gasteiger partial charge in [-0.3, -0.25) is 9.78 Å². The minimum atomic E-state index is -0.266. The Labute approximate surface area is 161 Å². The van der Waals surface area contributed by atoms with Crippen LogP contribution in [0.15, 0.2) is 73.1 Å². The Balaban J connectivity index is 1.54. The summed E-state index contributed by atoms with van der Waals surface area (Å²) in [6, 6.07) is 17.6. The second-order valence-electron chi connectivity index (χ2n) is 5.87. The van der Waals surface area contributed by atoms with Gasteiger partial charge in [0.25, 0.3) is 5.91 Å². The number of nitrogens with one attached hydrogen (secondary N) is 1. The first-order valence-electron chi connectivity index (χ1n) is 8.52. The summed E-state index contributed by atoms with van der Waals surface area (Å²) in [6.07, 6.45) is 3.27. The number of hydrogen-bond acceptors (Lipinski definition) is 6. The lowest BCUT2D eigenvalue weighted by atomic mass is 10.2. The highest BCUT2D eigenvalue weighted by Gasteiger charge is 2.09. The van der Waals surface area contributed by atoms with E-state index in [1.54, 1.807) is 68.0 Å². The summed E-state index contributed by atoms with van der Waals surface area (Å²) < 4.78 is 10.8. The topological polar surface area (TPSA) is 86.2 Å². The van der Waals surface area contributed by atoms with Crippen LogP contribution in [0, 0.1) is 0 Å². The van der Waals surface area contributed by atoms with E-state index in [0.717, 1.165) is 5.39 Å². The first-order valence-corrected chi connectivity index (χ1v) is 8.52. The average molecular weight is 372 g/mol. The molecule has 7 heteroatoms. The molecule has 0 atom stereocenters. The Morgan fingerprint density at radius 1 is 0.929 bits per heavy atom. The molecule has 0 bridgehead atoms. The second kappa shape index (κ2) is 7.71. The van der Waals surface area contributed by atoms with Crippen molar-refractivity contribution < 1.29 is 14.3 Å². The smallest absolute Gasteiger partial charge is 0.256 e. The number of rotatable bonds is 5. The van der Waals surface area contributed by atoms with Crippen LogP contribution in [0.1, 0.15) is 10.4 Å². The summed E-state index contributed by atoms with van der Waals surface area (Å²) in [6.45, 7) is 0. The third-order valence-electron chi connectivity index (χ3n) is 3.98. The van der Waals surface area contributed by atoms with Gasteiger partial charge in [-0.1, -0.05) is 0 Å². The second-order valence-corrected chi connectivity index (χ2v) is 5.87. The number of anilines is 1. The third kappa shape index (κ3) is 3.88. The van der Waals surface area contributed by atoms with Crippen molar-refractivity contribution >= 4 is 22.8 Å². The Hall–Kier alpha value is -4.00. The summed E-state index contributed by atoms with van der Waals surface area (Å²) in [5, 5.41) is 3.61. The van der Waals surface area contributed by atoms with Crippen LogP contribution in [0.4, 0.5) is 5.82 Å². The van der Waals surface area contributed by atoms with Gasteiger partial charge in [-0.25, -0.2) is 4.98 Å². The monoisotopic (exact) mass is 372 g/mol. The van der Waals surface area contributed by atoms with E-state index < -0.39 is 0 Å². The Kier molecular flexibility index (Phi) is 4.79. The predicted molar refractivity (Wildman–Crippen MR) is 105 cm³/mol.